The number of nitrogens with zero attached hydrogens (tertiary/aromatic N) is 1. The van der Waals surface area contributed by atoms with E-state index in [-0.39, 0.29) is 11.9 Å². The molecule has 2 rings (SSSR count). The molecule has 3 atom stereocenters. The lowest BCUT2D eigenvalue weighted by Crippen LogP contribution is -2.42. The fourth-order valence-electron chi connectivity index (χ4n) is 2.88. The quantitative estimate of drug-likeness (QED) is 0.899. The van der Waals surface area contributed by atoms with Crippen molar-refractivity contribution in [2.75, 3.05) is 26.7 Å². The molecule has 3 unspecified atom stereocenters. The first-order chi connectivity index (χ1) is 9.11. The van der Waals surface area contributed by atoms with Crippen LogP contribution in [-0.2, 0) is 0 Å². The first kappa shape index (κ1) is 14.5. The van der Waals surface area contributed by atoms with Crippen LogP contribution >= 0.6 is 0 Å². The molecule has 1 aliphatic rings. The minimum atomic E-state index is -0.111. The van der Waals surface area contributed by atoms with E-state index in [1.165, 1.54) is 6.42 Å². The van der Waals surface area contributed by atoms with E-state index in [0.29, 0.717) is 0 Å². The van der Waals surface area contributed by atoms with Crippen molar-refractivity contribution in [2.24, 2.45) is 11.8 Å². The van der Waals surface area contributed by atoms with Crippen LogP contribution in [0.15, 0.2) is 24.3 Å². The second kappa shape index (κ2) is 6.49. The number of hydrogen-bond donors (Lipinski definition) is 1. The van der Waals surface area contributed by atoms with Gasteiger partial charge in [-0.15, -0.1) is 0 Å². The summed E-state index contributed by atoms with van der Waals surface area (Å²) in [6, 6.07) is 7.15. The van der Waals surface area contributed by atoms with Gasteiger partial charge in [-0.1, -0.05) is 32.0 Å². The zero-order valence-electron chi connectivity index (χ0n) is 12.2. The highest BCUT2D eigenvalue weighted by Crippen LogP contribution is 2.25. The van der Waals surface area contributed by atoms with Gasteiger partial charge in [0.05, 0.1) is 0 Å². The molecule has 2 nitrogen and oxygen atoms in total. The van der Waals surface area contributed by atoms with E-state index in [1.54, 1.807) is 12.1 Å². The number of likely N-dealkylation sites (tertiary alicyclic amines) is 1. The van der Waals surface area contributed by atoms with Crippen molar-refractivity contribution in [3.05, 3.63) is 35.6 Å². The highest BCUT2D eigenvalue weighted by Gasteiger charge is 2.25. The van der Waals surface area contributed by atoms with Crippen LogP contribution in [0.3, 0.4) is 0 Å². The summed E-state index contributed by atoms with van der Waals surface area (Å²) in [7, 11) is 1.91. The van der Waals surface area contributed by atoms with Gasteiger partial charge in [0.15, 0.2) is 0 Å². The molecule has 0 bridgehead atoms. The van der Waals surface area contributed by atoms with Crippen LogP contribution in [0, 0.1) is 17.7 Å². The minimum Gasteiger partial charge on any atom is -0.312 e. The molecule has 0 spiro atoms. The van der Waals surface area contributed by atoms with Crippen molar-refractivity contribution in [3.63, 3.8) is 0 Å². The van der Waals surface area contributed by atoms with Gasteiger partial charge in [0.2, 0.25) is 0 Å². The maximum absolute atomic E-state index is 13.9. The van der Waals surface area contributed by atoms with Crippen LogP contribution in [0.4, 0.5) is 4.39 Å². The van der Waals surface area contributed by atoms with Crippen LogP contribution in [0.1, 0.15) is 31.9 Å². The smallest absolute Gasteiger partial charge is 0.128 e. The molecular formula is C16H25FN2. The average molecular weight is 264 g/mol. The predicted molar refractivity (Wildman–Crippen MR) is 77.6 cm³/mol. The lowest BCUT2D eigenvalue weighted by atomic mass is 9.88. The number of likely N-dealkylation sites (N-methyl/N-ethyl adjacent to an activating group) is 1. The van der Waals surface area contributed by atoms with E-state index in [0.717, 1.165) is 37.0 Å². The molecule has 19 heavy (non-hydrogen) atoms. The van der Waals surface area contributed by atoms with Crippen molar-refractivity contribution < 1.29 is 4.39 Å². The molecule has 1 fully saturated rings. The number of hydrogen-bond acceptors (Lipinski definition) is 2. The van der Waals surface area contributed by atoms with Gasteiger partial charge in [-0.2, -0.15) is 0 Å². The number of halogens is 1. The molecule has 0 aromatic heterocycles. The summed E-state index contributed by atoms with van der Waals surface area (Å²) >= 11 is 0. The van der Waals surface area contributed by atoms with E-state index in [2.05, 4.69) is 24.1 Å². The maximum Gasteiger partial charge on any atom is 0.128 e. The van der Waals surface area contributed by atoms with Crippen molar-refractivity contribution in [2.45, 2.75) is 26.3 Å². The molecule has 0 aliphatic carbocycles. The van der Waals surface area contributed by atoms with Crippen molar-refractivity contribution >= 4 is 0 Å². The van der Waals surface area contributed by atoms with Gasteiger partial charge in [-0.05, 0) is 37.9 Å². The molecule has 1 aromatic carbocycles. The normalized spacial score (nSPS) is 26.3. The summed E-state index contributed by atoms with van der Waals surface area (Å²) in [4.78, 5) is 2.46. The summed E-state index contributed by atoms with van der Waals surface area (Å²) in [6.45, 7) is 7.77. The van der Waals surface area contributed by atoms with Gasteiger partial charge in [0, 0.05) is 24.7 Å². The Bertz CT molecular complexity index is 407. The summed E-state index contributed by atoms with van der Waals surface area (Å²) < 4.78 is 13.9. The summed E-state index contributed by atoms with van der Waals surface area (Å²) in [5.74, 6) is 1.42. The molecule has 1 aliphatic heterocycles. The van der Waals surface area contributed by atoms with E-state index >= 15 is 0 Å². The van der Waals surface area contributed by atoms with E-state index < -0.39 is 0 Å². The molecule has 106 valence electrons. The van der Waals surface area contributed by atoms with Gasteiger partial charge in [0.25, 0.3) is 0 Å². The number of rotatable bonds is 4. The molecular weight excluding hydrogens is 239 g/mol. The first-order valence-electron chi connectivity index (χ1n) is 7.26. The van der Waals surface area contributed by atoms with Gasteiger partial charge in [-0.25, -0.2) is 4.39 Å². The Hall–Kier alpha value is -0.930. The van der Waals surface area contributed by atoms with E-state index in [9.17, 15) is 4.39 Å². The molecule has 0 radical (unpaired) electrons. The third-order valence-electron chi connectivity index (χ3n) is 4.49. The second-order valence-electron chi connectivity index (χ2n) is 5.87. The van der Waals surface area contributed by atoms with Gasteiger partial charge in [0.1, 0.15) is 5.82 Å². The largest absolute Gasteiger partial charge is 0.312 e. The topological polar surface area (TPSA) is 15.3 Å². The molecule has 1 heterocycles. The molecule has 3 heteroatoms. The van der Waals surface area contributed by atoms with Crippen LogP contribution < -0.4 is 5.32 Å². The Kier molecular flexibility index (Phi) is 4.94. The Morgan fingerprint density at radius 3 is 2.68 bits per heavy atom. The van der Waals surface area contributed by atoms with Crippen molar-refractivity contribution in [1.29, 1.82) is 0 Å². The lowest BCUT2D eigenvalue weighted by molar-refractivity contribution is 0.127. The monoisotopic (exact) mass is 264 g/mol. The third kappa shape index (κ3) is 3.54. The SMILES string of the molecule is CNC(CN1CCC(C)C(C)C1)c1ccccc1F. The Balaban J connectivity index is 2.02. The fourth-order valence-corrected chi connectivity index (χ4v) is 2.88. The van der Waals surface area contributed by atoms with Crippen LogP contribution in [0.25, 0.3) is 0 Å². The summed E-state index contributed by atoms with van der Waals surface area (Å²) in [5.41, 5.74) is 0.774. The molecule has 1 aromatic rings. The standard InChI is InChI=1S/C16H25FN2/c1-12-8-9-19(10-13(12)2)11-16(18-3)14-6-4-5-7-15(14)17/h4-7,12-13,16,18H,8-11H2,1-3H3. The van der Waals surface area contributed by atoms with Crippen LogP contribution in [0.5, 0.6) is 0 Å². The average Bonchev–Trinajstić information content (AvgIpc) is 2.41. The Morgan fingerprint density at radius 1 is 1.32 bits per heavy atom. The second-order valence-corrected chi connectivity index (χ2v) is 5.87. The molecule has 1 saturated heterocycles. The van der Waals surface area contributed by atoms with Gasteiger partial charge in [-0.3, -0.25) is 0 Å². The number of nitrogens with one attached hydrogen (secondary N) is 1. The van der Waals surface area contributed by atoms with Crippen molar-refractivity contribution in [3.8, 4) is 0 Å². The zero-order valence-corrected chi connectivity index (χ0v) is 12.2. The van der Waals surface area contributed by atoms with Gasteiger partial charge >= 0.3 is 0 Å². The fraction of sp³-hybridized carbons (Fsp3) is 0.625. The predicted octanol–water partition coefficient (Wildman–Crippen LogP) is 3.06. The van der Waals surface area contributed by atoms with E-state index in [1.807, 2.05) is 19.2 Å². The minimum absolute atomic E-state index is 0.0711. The first-order valence-corrected chi connectivity index (χ1v) is 7.26. The van der Waals surface area contributed by atoms with Crippen LogP contribution in [-0.4, -0.2) is 31.6 Å². The Morgan fingerprint density at radius 2 is 2.05 bits per heavy atom. The lowest BCUT2D eigenvalue weighted by Gasteiger charge is -2.37. The van der Waals surface area contributed by atoms with Gasteiger partial charge < -0.3 is 10.2 Å². The maximum atomic E-state index is 13.9. The summed E-state index contributed by atoms with van der Waals surface area (Å²) in [5, 5.41) is 3.25. The summed E-state index contributed by atoms with van der Waals surface area (Å²) in [6.07, 6.45) is 1.24. The van der Waals surface area contributed by atoms with Crippen LogP contribution in [0.2, 0.25) is 0 Å². The highest BCUT2D eigenvalue weighted by molar-refractivity contribution is 5.21. The number of benzene rings is 1. The third-order valence-corrected chi connectivity index (χ3v) is 4.49. The highest BCUT2D eigenvalue weighted by atomic mass is 19.1. The number of piperidine rings is 1. The zero-order chi connectivity index (χ0) is 13.8. The van der Waals surface area contributed by atoms with Crippen molar-refractivity contribution in [1.82, 2.24) is 10.2 Å². The van der Waals surface area contributed by atoms with E-state index in [4.69, 9.17) is 0 Å². The molecule has 1 N–H and O–H groups in total. The molecule has 0 saturated carbocycles. The Labute approximate surface area is 116 Å². The molecule has 0 amide bonds.